The Bertz CT molecular complexity index is 1090. The second-order valence-corrected chi connectivity index (χ2v) is 6.16. The Morgan fingerprint density at radius 3 is 1.03 bits per heavy atom. The number of anilines is 4. The fraction of sp³-hybridized carbons (Fsp3) is 0.222. The van der Waals surface area contributed by atoms with Gasteiger partial charge in [-0.3, -0.25) is 19.4 Å². The predicted molar refractivity (Wildman–Crippen MR) is 98.3 cm³/mol. The van der Waals surface area contributed by atoms with Gasteiger partial charge in [0, 0.05) is 0 Å². The molecular weight excluding hydrogens is 388 g/mol. The zero-order valence-electron chi connectivity index (χ0n) is 15.7. The smallest absolute Gasteiger partial charge is 0.180 e. The molecule has 12 nitrogen and oxygen atoms in total. The molecule has 0 atom stereocenters. The minimum atomic E-state index is -0.304. The van der Waals surface area contributed by atoms with Gasteiger partial charge < -0.3 is 0 Å². The number of Topliss-reactive ketones (excluding diaryl/α,β-unsaturated/α-hetero) is 2. The molecule has 0 aliphatic carbocycles. The van der Waals surface area contributed by atoms with Gasteiger partial charge in [-0.2, -0.15) is 21.0 Å². The molecule has 0 spiro atoms. The van der Waals surface area contributed by atoms with Crippen LogP contribution in [0.4, 0.5) is 23.3 Å². The van der Waals surface area contributed by atoms with Crippen molar-refractivity contribution < 1.29 is 9.59 Å². The van der Waals surface area contributed by atoms with Crippen molar-refractivity contribution in [2.24, 2.45) is 0 Å². The highest BCUT2D eigenvalue weighted by Crippen LogP contribution is 2.44. The van der Waals surface area contributed by atoms with Crippen LogP contribution in [0.25, 0.3) is 0 Å². The van der Waals surface area contributed by atoms with Crippen LogP contribution >= 0.6 is 0 Å². The first-order valence-corrected chi connectivity index (χ1v) is 8.33. The Kier molecular flexibility index (Phi) is 5.01. The Hall–Kier alpha value is -4.94. The molecule has 3 rings (SSSR count). The van der Waals surface area contributed by atoms with Crippen LogP contribution in [-0.4, -0.2) is 44.6 Å². The van der Waals surface area contributed by atoms with Crippen LogP contribution in [0.5, 0.6) is 0 Å². The van der Waals surface area contributed by atoms with E-state index in [9.17, 15) is 30.6 Å². The van der Waals surface area contributed by atoms with Crippen molar-refractivity contribution in [3.05, 3.63) is 22.8 Å². The number of aromatic nitrogens is 4. The zero-order valence-corrected chi connectivity index (χ0v) is 15.7. The quantitative estimate of drug-likeness (QED) is 0.695. The first kappa shape index (κ1) is 19.8. The van der Waals surface area contributed by atoms with E-state index in [2.05, 4.69) is 19.9 Å². The molecule has 0 N–H and O–H groups in total. The van der Waals surface area contributed by atoms with Crippen LogP contribution in [-0.2, 0) is 9.59 Å². The van der Waals surface area contributed by atoms with Crippen molar-refractivity contribution in [3.8, 4) is 24.3 Å². The van der Waals surface area contributed by atoms with E-state index in [1.165, 1.54) is 23.6 Å². The lowest BCUT2D eigenvalue weighted by molar-refractivity contribution is -0.116. The summed E-state index contributed by atoms with van der Waals surface area (Å²) >= 11 is 0. The van der Waals surface area contributed by atoms with Gasteiger partial charge in [0.05, 0.1) is 13.1 Å². The van der Waals surface area contributed by atoms with E-state index >= 15 is 0 Å². The summed E-state index contributed by atoms with van der Waals surface area (Å²) < 4.78 is 0. The number of ketones is 2. The van der Waals surface area contributed by atoms with E-state index in [4.69, 9.17) is 0 Å². The fourth-order valence-corrected chi connectivity index (χ4v) is 2.82. The molecule has 0 amide bonds. The Balaban J connectivity index is 2.42. The third-order valence-corrected chi connectivity index (χ3v) is 3.93. The molecule has 1 aliphatic rings. The monoisotopic (exact) mass is 398 g/mol. The van der Waals surface area contributed by atoms with E-state index in [0.29, 0.717) is 0 Å². The number of hydrogen-bond donors (Lipinski definition) is 0. The lowest BCUT2D eigenvalue weighted by Crippen LogP contribution is -2.38. The molecule has 12 heteroatoms. The number of nitriles is 4. The third kappa shape index (κ3) is 3.22. The molecule has 2 aromatic heterocycles. The summed E-state index contributed by atoms with van der Waals surface area (Å²) in [7, 11) is 0. The lowest BCUT2D eigenvalue weighted by Gasteiger charge is -2.35. The van der Waals surface area contributed by atoms with Gasteiger partial charge in [-0.15, -0.1) is 0 Å². The largest absolute Gasteiger partial charge is 0.298 e. The number of nitrogens with zero attached hydrogens (tertiary/aromatic N) is 10. The number of rotatable bonds is 4. The molecular formula is C18H10N10O2. The molecule has 0 radical (unpaired) electrons. The summed E-state index contributed by atoms with van der Waals surface area (Å²) in [6.45, 7) is 2.10. The maximum absolute atomic E-state index is 11.9. The molecule has 30 heavy (non-hydrogen) atoms. The summed E-state index contributed by atoms with van der Waals surface area (Å²) in [5.74, 6) is -0.618. The molecule has 0 aromatic carbocycles. The summed E-state index contributed by atoms with van der Waals surface area (Å²) in [5, 5.41) is 37.2. The van der Waals surface area contributed by atoms with Crippen LogP contribution in [0.15, 0.2) is 0 Å². The number of hydrogen-bond acceptors (Lipinski definition) is 12. The highest BCUT2D eigenvalue weighted by atomic mass is 16.1. The van der Waals surface area contributed by atoms with Gasteiger partial charge in [0.25, 0.3) is 0 Å². The van der Waals surface area contributed by atoms with Crippen molar-refractivity contribution in [1.29, 1.82) is 21.0 Å². The molecule has 0 saturated heterocycles. The fourth-order valence-electron chi connectivity index (χ4n) is 2.82. The molecule has 1 aliphatic heterocycles. The van der Waals surface area contributed by atoms with Gasteiger partial charge in [-0.1, -0.05) is 0 Å². The number of fused-ring (bicyclic) bond motifs is 2. The maximum atomic E-state index is 11.9. The van der Waals surface area contributed by atoms with E-state index in [0.717, 1.165) is 0 Å². The van der Waals surface area contributed by atoms with Crippen LogP contribution in [0.2, 0.25) is 0 Å². The minimum absolute atomic E-state index is 0.00241. The van der Waals surface area contributed by atoms with Gasteiger partial charge in [-0.05, 0) is 13.8 Å². The normalized spacial score (nSPS) is 11.3. The SMILES string of the molecule is CC(=O)CN1c2nc(C#N)c(C#N)nc2N(CC(C)=O)c2nc(C#N)c(C#N)nc21. The third-order valence-electron chi connectivity index (χ3n) is 3.93. The standard InChI is InChI=1S/C18H10N10O2/c1-9(29)7-27-15-17(25-13(5-21)11(3-19)23-15)28(8-10(2)30)18-16(27)24-12(4-20)14(6-22)26-18/h7-8H2,1-2H3. The van der Waals surface area contributed by atoms with Gasteiger partial charge >= 0.3 is 0 Å². The molecule has 3 heterocycles. The molecule has 0 saturated carbocycles. The van der Waals surface area contributed by atoms with Gasteiger partial charge in [0.15, 0.2) is 46.0 Å². The molecule has 0 fully saturated rings. The van der Waals surface area contributed by atoms with Gasteiger partial charge in [-0.25, -0.2) is 19.9 Å². The van der Waals surface area contributed by atoms with Gasteiger partial charge in [0.1, 0.15) is 35.8 Å². The average molecular weight is 398 g/mol. The first-order chi connectivity index (χ1) is 14.3. The molecule has 2 aromatic rings. The van der Waals surface area contributed by atoms with Crippen LogP contribution < -0.4 is 9.80 Å². The molecule has 0 unspecified atom stereocenters. The zero-order chi connectivity index (χ0) is 22.0. The van der Waals surface area contributed by atoms with E-state index in [1.807, 2.05) is 0 Å². The Morgan fingerprint density at radius 1 is 0.633 bits per heavy atom. The van der Waals surface area contributed by atoms with Crippen molar-refractivity contribution in [1.82, 2.24) is 19.9 Å². The Morgan fingerprint density at radius 2 is 0.867 bits per heavy atom. The van der Waals surface area contributed by atoms with E-state index < -0.39 is 0 Å². The molecule has 144 valence electrons. The second-order valence-electron chi connectivity index (χ2n) is 6.16. The summed E-state index contributed by atoms with van der Waals surface area (Å²) in [5.41, 5.74) is -1.12. The predicted octanol–water partition coefficient (Wildman–Crippen LogP) is 0.521. The van der Waals surface area contributed by atoms with Crippen molar-refractivity contribution in [2.75, 3.05) is 22.9 Å². The average Bonchev–Trinajstić information content (AvgIpc) is 2.73. The number of carbonyl (C=O) groups excluding carboxylic acids is 2. The van der Waals surface area contributed by atoms with Crippen molar-refractivity contribution >= 4 is 34.8 Å². The topological polar surface area (TPSA) is 187 Å². The van der Waals surface area contributed by atoms with Crippen LogP contribution in [0, 0.1) is 45.3 Å². The van der Waals surface area contributed by atoms with Crippen molar-refractivity contribution in [3.63, 3.8) is 0 Å². The summed E-state index contributed by atoms with van der Waals surface area (Å²) in [6, 6.07) is 7.07. The van der Waals surface area contributed by atoms with Crippen LogP contribution in [0.3, 0.4) is 0 Å². The first-order valence-electron chi connectivity index (χ1n) is 8.33. The Labute approximate surface area is 169 Å². The molecule has 0 bridgehead atoms. The maximum Gasteiger partial charge on any atom is 0.180 e. The van der Waals surface area contributed by atoms with Gasteiger partial charge in [0.2, 0.25) is 0 Å². The van der Waals surface area contributed by atoms with Crippen molar-refractivity contribution in [2.45, 2.75) is 13.8 Å². The van der Waals surface area contributed by atoms with Crippen LogP contribution in [0.1, 0.15) is 36.6 Å². The minimum Gasteiger partial charge on any atom is -0.298 e. The number of carbonyl (C=O) groups is 2. The highest BCUT2D eigenvalue weighted by molar-refractivity contribution is 5.95. The lowest BCUT2D eigenvalue weighted by atomic mass is 10.2. The second kappa shape index (κ2) is 7.59. The van der Waals surface area contributed by atoms with E-state index in [1.54, 1.807) is 24.3 Å². The summed E-state index contributed by atoms with van der Waals surface area (Å²) in [4.78, 5) is 43.0. The summed E-state index contributed by atoms with van der Waals surface area (Å²) in [6.07, 6.45) is 0. The highest BCUT2D eigenvalue weighted by Gasteiger charge is 2.37. The van der Waals surface area contributed by atoms with E-state index in [-0.39, 0.29) is 70.7 Å².